The largest absolute Gasteiger partial charge is 0.469 e. The second-order valence-corrected chi connectivity index (χ2v) is 0.636. The van der Waals surface area contributed by atoms with Gasteiger partial charge in [-0.3, -0.25) is 4.79 Å². The van der Waals surface area contributed by atoms with Crippen LogP contribution in [0.4, 0.5) is 0 Å². The van der Waals surface area contributed by atoms with Gasteiger partial charge in [-0.1, -0.05) is 0 Å². The van der Waals surface area contributed by atoms with Crippen molar-refractivity contribution in [2.75, 3.05) is 7.09 Å². The molecule has 2 nitrogen and oxygen atoms in total. The van der Waals surface area contributed by atoms with E-state index in [2.05, 4.69) is 4.74 Å². The van der Waals surface area contributed by atoms with E-state index >= 15 is 0 Å². The van der Waals surface area contributed by atoms with Crippen LogP contribution in [0.3, 0.4) is 0 Å². The highest BCUT2D eigenvalue weighted by Crippen LogP contribution is 1.60. The van der Waals surface area contributed by atoms with E-state index < -0.39 is 5.97 Å². The molecule has 5 heavy (non-hydrogen) atoms. The summed E-state index contributed by atoms with van der Waals surface area (Å²) >= 11 is 0. The average molecular weight is 76.1 g/mol. The van der Waals surface area contributed by atoms with Gasteiger partial charge in [0.1, 0.15) is 0 Å². The van der Waals surface area contributed by atoms with Crippen LogP contribution in [0.5, 0.6) is 0 Å². The van der Waals surface area contributed by atoms with Gasteiger partial charge in [-0.05, 0) is 0 Å². The number of hydrogen-bond acceptors (Lipinski definition) is 2. The third-order valence-electron chi connectivity index (χ3n) is 0.203. The molecule has 0 spiro atoms. The van der Waals surface area contributed by atoms with Crippen molar-refractivity contribution in [2.45, 2.75) is 6.92 Å². The van der Waals surface area contributed by atoms with Crippen LogP contribution in [0.25, 0.3) is 0 Å². The maximum atomic E-state index is 9.70. The second-order valence-electron chi connectivity index (χ2n) is 0.636. The first kappa shape index (κ1) is 2.69. The third kappa shape index (κ3) is 3.47. The molecule has 0 aromatic heterocycles. The summed E-state index contributed by atoms with van der Waals surface area (Å²) in [5.74, 6) is -0.398. The standard InChI is InChI=1S/C3H6O2/c1-3(4)5-2/h1-2H3/i2T. The number of hydrogen-bond donors (Lipinski definition) is 0. The minimum absolute atomic E-state index is 0.269. The smallest absolute Gasteiger partial charge is 0.302 e. The van der Waals surface area contributed by atoms with Crippen molar-refractivity contribution in [2.24, 2.45) is 0 Å². The van der Waals surface area contributed by atoms with Crippen LogP contribution in [0.1, 0.15) is 8.29 Å². The number of ether oxygens (including phenoxy) is 1. The zero-order chi connectivity index (χ0) is 4.99. The zero-order valence-corrected chi connectivity index (χ0v) is 3.02. The van der Waals surface area contributed by atoms with Gasteiger partial charge in [0.2, 0.25) is 0 Å². The lowest BCUT2D eigenvalue weighted by atomic mass is 10.8. The summed E-state index contributed by atoms with van der Waals surface area (Å²) in [6.45, 7) is 1.27. The lowest BCUT2D eigenvalue weighted by molar-refractivity contribution is -0.137. The highest BCUT2D eigenvalue weighted by Gasteiger charge is 1.75. The molecular weight excluding hydrogens is 68.0 g/mol. The molecule has 0 rings (SSSR count). The van der Waals surface area contributed by atoms with E-state index in [1.54, 1.807) is 0 Å². The normalized spacial score (nSPS) is 9.40. The van der Waals surface area contributed by atoms with E-state index in [1.807, 2.05) is 0 Å². The Morgan fingerprint density at radius 2 is 2.80 bits per heavy atom. The summed E-state index contributed by atoms with van der Waals surface area (Å²) in [5, 5.41) is 0. The molecule has 0 aromatic rings. The molecule has 0 aliphatic rings. The molecule has 0 saturated carbocycles. The van der Waals surface area contributed by atoms with E-state index in [0.29, 0.717) is 0 Å². The Balaban J connectivity index is 2.83. The summed E-state index contributed by atoms with van der Waals surface area (Å²) in [6, 6.07) is 0. The maximum absolute atomic E-state index is 9.70. The van der Waals surface area contributed by atoms with Crippen molar-refractivity contribution in [3.63, 3.8) is 0 Å². The Bertz CT molecular complexity index is 52.8. The molecule has 0 aliphatic carbocycles. The molecule has 0 unspecified atom stereocenters. The fraction of sp³-hybridized carbons (Fsp3) is 0.667. The molecule has 0 aliphatic heterocycles. The number of methoxy groups -OCH3 is 1. The molecule has 0 atom stereocenters. The number of carbonyl (C=O) groups excluding carboxylic acids is 1. The molecule has 0 amide bonds. The molecule has 0 radical (unpaired) electrons. The Morgan fingerprint density at radius 3 is 2.80 bits per heavy atom. The number of esters is 1. The van der Waals surface area contributed by atoms with Crippen LogP contribution in [-0.4, -0.2) is 13.1 Å². The quantitative estimate of drug-likeness (QED) is 0.385. The van der Waals surface area contributed by atoms with Crippen LogP contribution in [0.15, 0.2) is 0 Å². The predicted octanol–water partition coefficient (Wildman–Crippen LogP) is 0.179. The fourth-order valence-electron chi connectivity index (χ4n) is 0. The van der Waals surface area contributed by atoms with Gasteiger partial charge in [-0.25, -0.2) is 0 Å². The Kier molecular flexibility index (Phi) is 0.947. The third-order valence-corrected chi connectivity index (χ3v) is 0.203. The maximum Gasteiger partial charge on any atom is 0.302 e. The van der Waals surface area contributed by atoms with Gasteiger partial charge in [0, 0.05) is 6.92 Å². The van der Waals surface area contributed by atoms with Gasteiger partial charge < -0.3 is 4.74 Å². The molecule has 0 heterocycles. The van der Waals surface area contributed by atoms with Crippen LogP contribution in [-0.2, 0) is 9.53 Å². The first-order valence-electron chi connectivity index (χ1n) is 1.90. The van der Waals surface area contributed by atoms with E-state index in [9.17, 15) is 4.79 Å². The van der Waals surface area contributed by atoms with Crippen LogP contribution >= 0.6 is 0 Å². The average Bonchev–Trinajstić information content (AvgIpc) is 1.35. The molecule has 0 saturated heterocycles. The molecule has 0 bridgehead atoms. The summed E-state index contributed by atoms with van der Waals surface area (Å²) in [4.78, 5) is 9.70. The monoisotopic (exact) mass is 76.0 g/mol. The van der Waals surface area contributed by atoms with E-state index in [0.717, 1.165) is 0 Å². The Morgan fingerprint density at radius 1 is 2.20 bits per heavy atom. The fourth-order valence-corrected chi connectivity index (χ4v) is 0. The molecule has 0 aromatic carbocycles. The van der Waals surface area contributed by atoms with Gasteiger partial charge >= 0.3 is 5.97 Å². The number of carbonyl (C=O) groups is 1. The van der Waals surface area contributed by atoms with Gasteiger partial charge in [0.15, 0.2) is 0 Å². The lowest BCUT2D eigenvalue weighted by Gasteiger charge is -1.80. The van der Waals surface area contributed by atoms with Crippen molar-refractivity contribution >= 4 is 5.97 Å². The van der Waals surface area contributed by atoms with Crippen molar-refractivity contribution in [1.29, 1.82) is 0 Å². The minimum Gasteiger partial charge on any atom is -0.469 e. The van der Waals surface area contributed by atoms with Gasteiger partial charge in [0.05, 0.1) is 8.46 Å². The SMILES string of the molecule is [3H]COC(C)=O. The predicted molar refractivity (Wildman–Crippen MR) is 17.7 cm³/mol. The summed E-state index contributed by atoms with van der Waals surface area (Å²) in [5.41, 5.74) is 0. The topological polar surface area (TPSA) is 26.3 Å². The van der Waals surface area contributed by atoms with Crippen molar-refractivity contribution in [3.05, 3.63) is 0 Å². The first-order valence-corrected chi connectivity index (χ1v) is 1.20. The summed E-state index contributed by atoms with van der Waals surface area (Å²) in [7, 11) is -0.269. The summed E-state index contributed by atoms with van der Waals surface area (Å²) < 4.78 is 10.4. The van der Waals surface area contributed by atoms with Gasteiger partial charge in [-0.2, -0.15) is 0 Å². The first-order chi connectivity index (χ1) is 2.77. The van der Waals surface area contributed by atoms with Crippen LogP contribution < -0.4 is 0 Å². The van der Waals surface area contributed by atoms with Gasteiger partial charge in [0.25, 0.3) is 0 Å². The Hall–Kier alpha value is -0.530. The number of rotatable bonds is 0. The second kappa shape index (κ2) is 1.76. The highest BCUT2D eigenvalue weighted by atomic mass is 16.5. The molecule has 0 fully saturated rings. The van der Waals surface area contributed by atoms with Crippen LogP contribution in [0, 0.1) is 0 Å². The summed E-state index contributed by atoms with van der Waals surface area (Å²) in [6.07, 6.45) is 0. The van der Waals surface area contributed by atoms with Crippen LogP contribution in [0.2, 0.25) is 0 Å². The molecular formula is C3H6O2. The highest BCUT2D eigenvalue weighted by molar-refractivity contribution is 5.65. The molecule has 30 valence electrons. The van der Waals surface area contributed by atoms with Gasteiger partial charge in [-0.15, -0.1) is 0 Å². The lowest BCUT2D eigenvalue weighted by Crippen LogP contribution is -1.88. The van der Waals surface area contributed by atoms with Crippen molar-refractivity contribution < 1.29 is 10.9 Å². The molecule has 2 heteroatoms. The minimum atomic E-state index is -0.398. The van der Waals surface area contributed by atoms with E-state index in [1.165, 1.54) is 6.92 Å². The zero-order valence-electron chi connectivity index (χ0n) is 4.02. The van der Waals surface area contributed by atoms with E-state index in [-0.39, 0.29) is 7.09 Å². The Labute approximate surface area is 32.1 Å². The van der Waals surface area contributed by atoms with Crippen molar-refractivity contribution in [1.82, 2.24) is 0 Å². The molecule has 0 N–H and O–H groups in total. The van der Waals surface area contributed by atoms with E-state index in [4.69, 9.17) is 1.37 Å². The van der Waals surface area contributed by atoms with Crippen molar-refractivity contribution in [3.8, 4) is 0 Å².